The van der Waals surface area contributed by atoms with Crippen molar-refractivity contribution in [3.05, 3.63) is 17.5 Å². The number of aromatic nitrogens is 2. The summed E-state index contributed by atoms with van der Waals surface area (Å²) in [6.45, 7) is 16.1. The molecular formula is C21H33N3O3. The zero-order valence-corrected chi connectivity index (χ0v) is 17.8. The topological polar surface area (TPSA) is 73.7 Å². The van der Waals surface area contributed by atoms with E-state index in [0.717, 1.165) is 24.1 Å². The molecule has 0 aliphatic carbocycles. The molecule has 2 rings (SSSR count). The van der Waals surface area contributed by atoms with Gasteiger partial charge < -0.3 is 9.47 Å². The Morgan fingerprint density at radius 2 is 1.67 bits per heavy atom. The maximum absolute atomic E-state index is 12.8. The van der Waals surface area contributed by atoms with E-state index in [1.165, 1.54) is 0 Å². The minimum atomic E-state index is -0.573. The van der Waals surface area contributed by atoms with Gasteiger partial charge in [-0.2, -0.15) is 4.98 Å². The van der Waals surface area contributed by atoms with Crippen LogP contribution in [0.15, 0.2) is 11.2 Å². The number of hydrogen-bond acceptors (Lipinski definition) is 6. The van der Waals surface area contributed by atoms with Gasteiger partial charge in [-0.15, -0.1) is 0 Å². The van der Waals surface area contributed by atoms with Crippen molar-refractivity contribution in [2.45, 2.75) is 67.9 Å². The fourth-order valence-electron chi connectivity index (χ4n) is 3.35. The first-order valence-electron chi connectivity index (χ1n) is 9.62. The van der Waals surface area contributed by atoms with Gasteiger partial charge in [-0.25, -0.2) is 4.98 Å². The summed E-state index contributed by atoms with van der Waals surface area (Å²) in [5, 5.41) is 0. The largest absolute Gasteiger partial charge is 0.465 e. The highest BCUT2D eigenvalue weighted by Crippen LogP contribution is 2.52. The number of carbonyl (C=O) groups excluding carboxylic acids is 1. The molecule has 0 spiro atoms. The van der Waals surface area contributed by atoms with Crippen molar-refractivity contribution < 1.29 is 14.3 Å². The lowest BCUT2D eigenvalue weighted by molar-refractivity contribution is -0.173. The van der Waals surface area contributed by atoms with Gasteiger partial charge >= 0.3 is 12.0 Å². The Balaban J connectivity index is 1.76. The lowest BCUT2D eigenvalue weighted by Gasteiger charge is -2.48. The summed E-state index contributed by atoms with van der Waals surface area (Å²) in [6, 6.07) is 0.368. The second kappa shape index (κ2) is 7.95. The van der Waals surface area contributed by atoms with Crippen LogP contribution in [0.2, 0.25) is 0 Å². The number of esters is 1. The van der Waals surface area contributed by atoms with Crippen molar-refractivity contribution in [2.75, 3.05) is 13.2 Å². The molecule has 27 heavy (non-hydrogen) atoms. The first-order valence-corrected chi connectivity index (χ1v) is 9.62. The highest BCUT2D eigenvalue weighted by molar-refractivity contribution is 5.81. The van der Waals surface area contributed by atoms with E-state index in [1.807, 2.05) is 6.92 Å². The molecule has 0 radical (unpaired) electrons. The third-order valence-corrected chi connectivity index (χ3v) is 5.76. The quantitative estimate of drug-likeness (QED) is 0.527. The van der Waals surface area contributed by atoms with Crippen LogP contribution < -0.4 is 4.74 Å². The minimum absolute atomic E-state index is 0.135. The van der Waals surface area contributed by atoms with Crippen LogP contribution in [-0.2, 0) is 16.1 Å². The standard InChI is InChI=1S/C21H33N3O3/c1-19(2,3)21(7,20(4,5)6)17(25)26-10-8-9-11-27-18-23-13-15-12-22-14-16(15)24-18/h13-14H,8-12H2,1-7H3. The van der Waals surface area contributed by atoms with E-state index in [9.17, 15) is 4.79 Å². The van der Waals surface area contributed by atoms with Gasteiger partial charge in [-0.1, -0.05) is 41.5 Å². The zero-order chi connectivity index (χ0) is 20.3. The summed E-state index contributed by atoms with van der Waals surface area (Å²) in [5.74, 6) is -0.135. The molecule has 0 N–H and O–H groups in total. The molecule has 1 aromatic rings. The molecule has 0 unspecified atom stereocenters. The van der Waals surface area contributed by atoms with Crippen molar-refractivity contribution in [3.8, 4) is 6.01 Å². The van der Waals surface area contributed by atoms with Gasteiger partial charge in [0, 0.05) is 18.0 Å². The molecule has 0 bridgehead atoms. The Hall–Kier alpha value is -1.98. The third-order valence-electron chi connectivity index (χ3n) is 5.76. The van der Waals surface area contributed by atoms with E-state index in [1.54, 1.807) is 12.4 Å². The fourth-order valence-corrected chi connectivity index (χ4v) is 3.35. The number of carbonyl (C=O) groups is 1. The minimum Gasteiger partial charge on any atom is -0.465 e. The summed E-state index contributed by atoms with van der Waals surface area (Å²) in [6.07, 6.45) is 5.00. The molecule has 0 saturated carbocycles. The molecule has 1 aliphatic heterocycles. The van der Waals surface area contributed by atoms with Crippen molar-refractivity contribution in [1.82, 2.24) is 9.97 Å². The summed E-state index contributed by atoms with van der Waals surface area (Å²) < 4.78 is 11.2. The maximum Gasteiger partial charge on any atom is 0.316 e. The number of hydrogen-bond donors (Lipinski definition) is 0. The molecule has 150 valence electrons. The Bertz CT molecular complexity index is 686. The Morgan fingerprint density at radius 1 is 1.04 bits per heavy atom. The molecule has 6 heteroatoms. The van der Waals surface area contributed by atoms with Crippen molar-refractivity contribution in [2.24, 2.45) is 21.2 Å². The van der Waals surface area contributed by atoms with Crippen LogP contribution >= 0.6 is 0 Å². The van der Waals surface area contributed by atoms with E-state index in [0.29, 0.717) is 25.8 Å². The fraction of sp³-hybridized carbons (Fsp3) is 0.714. The van der Waals surface area contributed by atoms with Crippen molar-refractivity contribution in [1.29, 1.82) is 0 Å². The summed E-state index contributed by atoms with van der Waals surface area (Å²) in [4.78, 5) is 25.5. The summed E-state index contributed by atoms with van der Waals surface area (Å²) >= 11 is 0. The van der Waals surface area contributed by atoms with Gasteiger partial charge in [0.25, 0.3) is 0 Å². The van der Waals surface area contributed by atoms with Crippen LogP contribution in [-0.4, -0.2) is 35.4 Å². The SMILES string of the molecule is CC(C)(C)C(C)(C(=O)OCCCCOc1ncc2c(n1)C=NC2)C(C)(C)C. The number of fused-ring (bicyclic) bond motifs is 1. The molecule has 0 saturated heterocycles. The van der Waals surface area contributed by atoms with Gasteiger partial charge in [-0.3, -0.25) is 9.79 Å². The van der Waals surface area contributed by atoms with Gasteiger partial charge in [0.15, 0.2) is 0 Å². The smallest absolute Gasteiger partial charge is 0.316 e. The molecular weight excluding hydrogens is 342 g/mol. The molecule has 1 aliphatic rings. The van der Waals surface area contributed by atoms with Crippen LogP contribution in [0.3, 0.4) is 0 Å². The Kier molecular flexibility index (Phi) is 6.28. The first kappa shape index (κ1) is 21.3. The first-order chi connectivity index (χ1) is 12.5. The predicted octanol–water partition coefficient (Wildman–Crippen LogP) is 4.21. The number of rotatable bonds is 7. The Labute approximate surface area is 162 Å². The molecule has 0 aromatic carbocycles. The van der Waals surface area contributed by atoms with Gasteiger partial charge in [-0.05, 0) is 30.6 Å². The van der Waals surface area contributed by atoms with Gasteiger partial charge in [0.1, 0.15) is 0 Å². The Morgan fingerprint density at radius 3 is 2.30 bits per heavy atom. The zero-order valence-electron chi connectivity index (χ0n) is 17.8. The molecule has 6 nitrogen and oxygen atoms in total. The number of nitrogens with zero attached hydrogens (tertiary/aromatic N) is 3. The van der Waals surface area contributed by atoms with Gasteiger partial charge in [0.2, 0.25) is 0 Å². The highest BCUT2D eigenvalue weighted by atomic mass is 16.5. The molecule has 1 aromatic heterocycles. The molecule has 2 heterocycles. The average molecular weight is 376 g/mol. The van der Waals surface area contributed by atoms with Crippen LogP contribution in [0.25, 0.3) is 0 Å². The summed E-state index contributed by atoms with van der Waals surface area (Å²) in [5.41, 5.74) is 0.892. The number of ether oxygens (including phenoxy) is 2. The maximum atomic E-state index is 12.8. The predicted molar refractivity (Wildman–Crippen MR) is 106 cm³/mol. The average Bonchev–Trinajstić information content (AvgIpc) is 3.02. The number of aliphatic imine (C=N–C) groups is 1. The van der Waals surface area contributed by atoms with Crippen LogP contribution in [0.4, 0.5) is 0 Å². The van der Waals surface area contributed by atoms with Crippen LogP contribution in [0.5, 0.6) is 6.01 Å². The molecule has 0 amide bonds. The molecule has 0 atom stereocenters. The normalized spacial score (nSPS) is 14.2. The monoisotopic (exact) mass is 375 g/mol. The number of unbranched alkanes of at least 4 members (excludes halogenated alkanes) is 1. The second-order valence-electron chi connectivity index (χ2n) is 9.35. The van der Waals surface area contributed by atoms with Crippen LogP contribution in [0, 0.1) is 16.2 Å². The lowest BCUT2D eigenvalue weighted by Crippen LogP contribution is -2.50. The van der Waals surface area contributed by atoms with E-state index in [4.69, 9.17) is 9.47 Å². The lowest BCUT2D eigenvalue weighted by atomic mass is 9.55. The molecule has 0 fully saturated rings. The second-order valence-corrected chi connectivity index (χ2v) is 9.35. The van der Waals surface area contributed by atoms with E-state index >= 15 is 0 Å². The third kappa shape index (κ3) is 4.66. The van der Waals surface area contributed by atoms with E-state index in [2.05, 4.69) is 56.5 Å². The van der Waals surface area contributed by atoms with Gasteiger partial charge in [0.05, 0.1) is 30.9 Å². The van der Waals surface area contributed by atoms with Crippen molar-refractivity contribution in [3.63, 3.8) is 0 Å². The summed E-state index contributed by atoms with van der Waals surface area (Å²) in [7, 11) is 0. The van der Waals surface area contributed by atoms with E-state index in [-0.39, 0.29) is 16.8 Å². The van der Waals surface area contributed by atoms with E-state index < -0.39 is 5.41 Å². The highest BCUT2D eigenvalue weighted by Gasteiger charge is 2.53. The van der Waals surface area contributed by atoms with Crippen molar-refractivity contribution >= 4 is 12.2 Å². The van der Waals surface area contributed by atoms with Crippen LogP contribution in [0.1, 0.15) is 72.6 Å².